The average Bonchev–Trinajstić information content (AvgIpc) is 3.29. The molecule has 1 aromatic heterocycles. The van der Waals surface area contributed by atoms with Crippen molar-refractivity contribution in [3.63, 3.8) is 0 Å². The smallest absolute Gasteiger partial charge is 0.264 e. The lowest BCUT2D eigenvalue weighted by Gasteiger charge is -2.06. The first-order valence-electron chi connectivity index (χ1n) is 8.18. The fraction of sp³-hybridized carbons (Fsp3) is 0.222. The van der Waals surface area contributed by atoms with Crippen LogP contribution in [0, 0.1) is 0 Å². The van der Waals surface area contributed by atoms with Gasteiger partial charge in [-0.05, 0) is 41.8 Å². The van der Waals surface area contributed by atoms with Crippen LogP contribution >= 0.6 is 23.1 Å². The van der Waals surface area contributed by atoms with E-state index in [0.717, 1.165) is 17.7 Å². The summed E-state index contributed by atoms with van der Waals surface area (Å²) >= 11 is 2.66. The maximum atomic E-state index is 12.2. The average molecular weight is 384 g/mol. The number of nitrogens with zero attached hydrogens (tertiary/aromatic N) is 2. The number of amides is 2. The highest BCUT2D eigenvalue weighted by molar-refractivity contribution is 8.18. The number of aliphatic imine (C=N–C) groups is 1. The third kappa shape index (κ3) is 3.56. The Bertz CT molecular complexity index is 948. The first-order valence-corrected chi connectivity index (χ1v) is 9.82. The number of aromatic nitrogens is 1. The third-order valence-corrected chi connectivity index (χ3v) is 5.89. The van der Waals surface area contributed by atoms with Gasteiger partial charge in [-0.2, -0.15) is 0 Å². The van der Waals surface area contributed by atoms with Gasteiger partial charge in [0.1, 0.15) is 0 Å². The molecule has 1 aliphatic heterocycles. The molecule has 0 radical (unpaired) electrons. The Morgan fingerprint density at radius 3 is 3.12 bits per heavy atom. The normalized spacial score (nSPS) is 21.9. The van der Waals surface area contributed by atoms with E-state index >= 15 is 0 Å². The molecule has 2 aliphatic rings. The van der Waals surface area contributed by atoms with Gasteiger partial charge in [0.2, 0.25) is 5.91 Å². The number of thioether (sulfide) groups is 1. The van der Waals surface area contributed by atoms with E-state index in [-0.39, 0.29) is 17.9 Å². The highest BCUT2D eigenvalue weighted by atomic mass is 32.2. The second-order valence-corrected chi connectivity index (χ2v) is 8.09. The Labute approximate surface area is 158 Å². The molecule has 6 nitrogen and oxygen atoms in total. The Morgan fingerprint density at radius 2 is 2.27 bits per heavy atom. The summed E-state index contributed by atoms with van der Waals surface area (Å²) < 4.78 is 0. The van der Waals surface area contributed by atoms with Crippen molar-refractivity contribution in [3.05, 3.63) is 51.4 Å². The molecular formula is C18H16N4O2S2. The molecule has 2 N–H and O–H groups in total. The zero-order valence-electron chi connectivity index (χ0n) is 14.0. The minimum Gasteiger partial charge on any atom is -0.302 e. The molecule has 2 amide bonds. The molecule has 0 saturated carbocycles. The van der Waals surface area contributed by atoms with E-state index in [1.54, 1.807) is 12.3 Å². The number of rotatable bonds is 3. The lowest BCUT2D eigenvalue weighted by Crippen LogP contribution is -2.20. The standard InChI is InChI=1S/C18H16N4O2S2/c1-10(23)20-17-19-9-12(25-17)8-15-16(24)22-18(26-15)21-14-7-6-11-4-2-3-5-13(11)14/h2-5,8-9,14H,6-7H2,1H3,(H,19,20,23)(H,21,22,24)/b15-8-. The number of carbonyl (C=O) groups is 2. The van der Waals surface area contributed by atoms with Crippen molar-refractivity contribution in [2.75, 3.05) is 5.32 Å². The van der Waals surface area contributed by atoms with Gasteiger partial charge in [-0.15, -0.1) is 0 Å². The molecule has 1 aliphatic carbocycles. The summed E-state index contributed by atoms with van der Waals surface area (Å²) in [7, 11) is 0. The highest BCUT2D eigenvalue weighted by Gasteiger charge is 2.27. The van der Waals surface area contributed by atoms with Gasteiger partial charge >= 0.3 is 0 Å². The number of anilines is 1. The minimum absolute atomic E-state index is 0.100. The van der Waals surface area contributed by atoms with E-state index in [1.807, 2.05) is 12.1 Å². The zero-order valence-corrected chi connectivity index (χ0v) is 15.6. The molecule has 1 aromatic carbocycles. The van der Waals surface area contributed by atoms with Crippen LogP contribution in [0.15, 0.2) is 40.4 Å². The second kappa shape index (κ2) is 7.05. The molecule has 8 heteroatoms. The number of amidine groups is 1. The number of thiazole rings is 1. The number of fused-ring (bicyclic) bond motifs is 1. The number of hydrogen-bond donors (Lipinski definition) is 2. The van der Waals surface area contributed by atoms with Crippen LogP contribution in [0.2, 0.25) is 0 Å². The molecule has 1 saturated heterocycles. The summed E-state index contributed by atoms with van der Waals surface area (Å²) in [6.45, 7) is 1.43. The van der Waals surface area contributed by atoms with Crippen molar-refractivity contribution >= 4 is 51.3 Å². The summed E-state index contributed by atoms with van der Waals surface area (Å²) in [5.41, 5.74) is 2.58. The van der Waals surface area contributed by atoms with Gasteiger partial charge in [-0.25, -0.2) is 4.98 Å². The van der Waals surface area contributed by atoms with Crippen LogP contribution in [0.4, 0.5) is 5.13 Å². The van der Waals surface area contributed by atoms with Crippen molar-refractivity contribution in [2.45, 2.75) is 25.8 Å². The summed E-state index contributed by atoms with van der Waals surface area (Å²) in [5.74, 6) is -0.327. The molecule has 1 fully saturated rings. The lowest BCUT2D eigenvalue weighted by atomic mass is 10.1. The van der Waals surface area contributed by atoms with Gasteiger partial charge in [0.15, 0.2) is 10.3 Å². The van der Waals surface area contributed by atoms with Crippen LogP contribution in [-0.2, 0) is 16.0 Å². The lowest BCUT2D eigenvalue weighted by molar-refractivity contribution is -0.115. The molecule has 0 spiro atoms. The molecular weight excluding hydrogens is 368 g/mol. The van der Waals surface area contributed by atoms with E-state index in [2.05, 4.69) is 27.8 Å². The number of hydrogen-bond acceptors (Lipinski definition) is 6. The van der Waals surface area contributed by atoms with Gasteiger partial charge in [0.25, 0.3) is 5.91 Å². The van der Waals surface area contributed by atoms with Crippen molar-refractivity contribution < 1.29 is 9.59 Å². The van der Waals surface area contributed by atoms with E-state index in [4.69, 9.17) is 4.99 Å². The van der Waals surface area contributed by atoms with E-state index < -0.39 is 0 Å². The maximum absolute atomic E-state index is 12.2. The molecule has 26 heavy (non-hydrogen) atoms. The number of nitrogens with one attached hydrogen (secondary N) is 2. The summed E-state index contributed by atoms with van der Waals surface area (Å²) in [6.07, 6.45) is 5.40. The predicted octanol–water partition coefficient (Wildman–Crippen LogP) is 3.35. The van der Waals surface area contributed by atoms with Crippen LogP contribution in [0.5, 0.6) is 0 Å². The molecule has 132 valence electrons. The number of aryl methyl sites for hydroxylation is 1. The van der Waals surface area contributed by atoms with Gasteiger partial charge < -0.3 is 10.6 Å². The minimum atomic E-state index is -0.169. The van der Waals surface area contributed by atoms with Gasteiger partial charge in [0.05, 0.1) is 15.8 Å². The molecule has 1 unspecified atom stereocenters. The van der Waals surface area contributed by atoms with E-state index in [0.29, 0.717) is 15.2 Å². The topological polar surface area (TPSA) is 83.4 Å². The Balaban J connectivity index is 1.50. The highest BCUT2D eigenvalue weighted by Crippen LogP contribution is 2.36. The fourth-order valence-corrected chi connectivity index (χ4v) is 4.73. The monoisotopic (exact) mass is 384 g/mol. The van der Waals surface area contributed by atoms with Crippen molar-refractivity contribution in [3.8, 4) is 0 Å². The SMILES string of the molecule is CC(=O)Nc1ncc(/C=C2\SC(=NC3CCc4ccccc43)NC2=O)s1. The Morgan fingerprint density at radius 1 is 1.42 bits per heavy atom. The number of benzene rings is 1. The summed E-state index contributed by atoms with van der Waals surface area (Å²) in [5, 5.41) is 6.63. The van der Waals surface area contributed by atoms with Gasteiger partial charge in [-0.3, -0.25) is 14.6 Å². The van der Waals surface area contributed by atoms with E-state index in [9.17, 15) is 9.59 Å². The van der Waals surface area contributed by atoms with Crippen LogP contribution < -0.4 is 10.6 Å². The van der Waals surface area contributed by atoms with Crippen LogP contribution in [-0.4, -0.2) is 22.0 Å². The van der Waals surface area contributed by atoms with Crippen molar-refractivity contribution in [2.24, 2.45) is 4.99 Å². The van der Waals surface area contributed by atoms with Crippen LogP contribution in [0.3, 0.4) is 0 Å². The first kappa shape index (κ1) is 17.0. The van der Waals surface area contributed by atoms with Crippen molar-refractivity contribution in [1.29, 1.82) is 0 Å². The molecule has 2 heterocycles. The zero-order chi connectivity index (χ0) is 18.1. The van der Waals surface area contributed by atoms with Crippen LogP contribution in [0.1, 0.15) is 35.4 Å². The Kier molecular flexibility index (Phi) is 4.60. The summed E-state index contributed by atoms with van der Waals surface area (Å²) in [6, 6.07) is 8.42. The maximum Gasteiger partial charge on any atom is 0.264 e. The molecule has 4 rings (SSSR count). The van der Waals surface area contributed by atoms with Gasteiger partial charge in [-0.1, -0.05) is 35.6 Å². The second-order valence-electron chi connectivity index (χ2n) is 6.00. The summed E-state index contributed by atoms with van der Waals surface area (Å²) in [4.78, 5) is 33.5. The molecule has 1 atom stereocenters. The van der Waals surface area contributed by atoms with E-state index in [1.165, 1.54) is 41.1 Å². The third-order valence-electron chi connectivity index (χ3n) is 4.11. The molecule has 2 aromatic rings. The molecule has 0 bridgehead atoms. The fourth-order valence-electron chi connectivity index (χ4n) is 2.99. The predicted molar refractivity (Wildman–Crippen MR) is 105 cm³/mol. The Hall–Kier alpha value is -2.45. The van der Waals surface area contributed by atoms with Crippen molar-refractivity contribution in [1.82, 2.24) is 10.3 Å². The first-order chi connectivity index (χ1) is 12.6. The quantitative estimate of drug-likeness (QED) is 0.795. The largest absolute Gasteiger partial charge is 0.302 e. The van der Waals surface area contributed by atoms with Crippen LogP contribution in [0.25, 0.3) is 6.08 Å². The number of carbonyl (C=O) groups excluding carboxylic acids is 2. The van der Waals surface area contributed by atoms with Gasteiger partial charge in [0, 0.05) is 13.1 Å².